The van der Waals surface area contributed by atoms with Crippen molar-refractivity contribution in [2.75, 3.05) is 24.5 Å². The van der Waals surface area contributed by atoms with Crippen LogP contribution in [0.25, 0.3) is 0 Å². The normalized spacial score (nSPS) is 15.5. The number of nitrogens with zero attached hydrogens (tertiary/aromatic N) is 1. The molecule has 0 bridgehead atoms. The summed E-state index contributed by atoms with van der Waals surface area (Å²) in [6, 6.07) is 9.42. The van der Waals surface area contributed by atoms with Gasteiger partial charge in [0.05, 0.1) is 6.54 Å². The Kier molecular flexibility index (Phi) is 6.14. The number of terminal acetylenes is 1. The van der Waals surface area contributed by atoms with E-state index in [0.717, 1.165) is 25.4 Å². The highest BCUT2D eigenvalue weighted by Gasteiger charge is 2.24. The molecule has 0 amide bonds. The second-order valence-corrected chi connectivity index (χ2v) is 6.03. The molecule has 2 rings (SSSR count). The zero-order chi connectivity index (χ0) is 15.1. The van der Waals surface area contributed by atoms with Crippen LogP contribution in [0.3, 0.4) is 0 Å². The van der Waals surface area contributed by atoms with Crippen LogP contribution in [-0.2, 0) is 0 Å². The standard InChI is InChI=1S/C19H28N2/c1-4-13-20-19(6-3)17-9-11-18(12-10-17)21(14-5-2)15-16-7-8-16/h2,9-12,16,19-20H,4,6-8,13-15H2,1,3H3. The lowest BCUT2D eigenvalue weighted by Crippen LogP contribution is -2.26. The highest BCUT2D eigenvalue weighted by molar-refractivity contribution is 5.49. The molecule has 2 nitrogen and oxygen atoms in total. The van der Waals surface area contributed by atoms with E-state index >= 15 is 0 Å². The van der Waals surface area contributed by atoms with Crippen molar-refractivity contribution in [1.82, 2.24) is 5.32 Å². The Morgan fingerprint density at radius 3 is 2.52 bits per heavy atom. The molecule has 1 aliphatic rings. The zero-order valence-corrected chi connectivity index (χ0v) is 13.4. The van der Waals surface area contributed by atoms with Crippen LogP contribution in [0.2, 0.25) is 0 Å². The van der Waals surface area contributed by atoms with E-state index in [1.165, 1.54) is 30.5 Å². The van der Waals surface area contributed by atoms with Crippen LogP contribution in [0.5, 0.6) is 0 Å². The maximum Gasteiger partial charge on any atom is 0.0791 e. The fraction of sp³-hybridized carbons (Fsp3) is 0.579. The van der Waals surface area contributed by atoms with Gasteiger partial charge in [-0.25, -0.2) is 0 Å². The molecule has 114 valence electrons. The molecule has 1 atom stereocenters. The average Bonchev–Trinajstić information content (AvgIpc) is 3.32. The molecule has 1 aliphatic carbocycles. The van der Waals surface area contributed by atoms with Crippen molar-refractivity contribution in [2.45, 2.75) is 45.6 Å². The summed E-state index contributed by atoms with van der Waals surface area (Å²) in [6.07, 6.45) is 10.5. The molecule has 1 N–H and O–H groups in total. The molecular formula is C19H28N2. The Bertz CT molecular complexity index is 453. The molecule has 0 aliphatic heterocycles. The lowest BCUT2D eigenvalue weighted by Gasteiger charge is -2.24. The van der Waals surface area contributed by atoms with Crippen molar-refractivity contribution in [3.63, 3.8) is 0 Å². The second-order valence-electron chi connectivity index (χ2n) is 6.03. The van der Waals surface area contributed by atoms with E-state index < -0.39 is 0 Å². The third kappa shape index (κ3) is 4.79. The Labute approximate surface area is 129 Å². The van der Waals surface area contributed by atoms with E-state index in [1.807, 2.05) is 0 Å². The second kappa shape index (κ2) is 8.10. The fourth-order valence-corrected chi connectivity index (χ4v) is 2.72. The number of rotatable bonds is 9. The summed E-state index contributed by atoms with van der Waals surface area (Å²) in [5, 5.41) is 3.61. The molecule has 1 aromatic carbocycles. The first-order chi connectivity index (χ1) is 10.3. The van der Waals surface area contributed by atoms with Crippen molar-refractivity contribution in [2.24, 2.45) is 5.92 Å². The molecule has 1 aromatic rings. The summed E-state index contributed by atoms with van der Waals surface area (Å²) in [4.78, 5) is 2.34. The van der Waals surface area contributed by atoms with Gasteiger partial charge in [0.25, 0.3) is 0 Å². The maximum absolute atomic E-state index is 5.52. The highest BCUT2D eigenvalue weighted by atomic mass is 15.1. The van der Waals surface area contributed by atoms with Crippen molar-refractivity contribution in [3.8, 4) is 12.3 Å². The van der Waals surface area contributed by atoms with Crippen LogP contribution in [0.15, 0.2) is 24.3 Å². The number of nitrogens with one attached hydrogen (secondary N) is 1. The minimum absolute atomic E-state index is 0.462. The van der Waals surface area contributed by atoms with E-state index in [1.54, 1.807) is 0 Å². The number of hydrogen-bond acceptors (Lipinski definition) is 2. The van der Waals surface area contributed by atoms with Gasteiger partial charge in [-0.2, -0.15) is 0 Å². The van der Waals surface area contributed by atoms with Gasteiger partial charge in [0, 0.05) is 18.3 Å². The number of anilines is 1. The van der Waals surface area contributed by atoms with Crippen LogP contribution in [0, 0.1) is 18.3 Å². The molecule has 1 saturated carbocycles. The molecule has 21 heavy (non-hydrogen) atoms. The van der Waals surface area contributed by atoms with Crippen LogP contribution >= 0.6 is 0 Å². The maximum atomic E-state index is 5.52. The third-order valence-electron chi connectivity index (χ3n) is 4.17. The smallest absolute Gasteiger partial charge is 0.0791 e. The highest BCUT2D eigenvalue weighted by Crippen LogP contribution is 2.31. The SMILES string of the molecule is C#CCN(CC1CC1)c1ccc(C(CC)NCCC)cc1. The van der Waals surface area contributed by atoms with Crippen molar-refractivity contribution < 1.29 is 0 Å². The van der Waals surface area contributed by atoms with Crippen molar-refractivity contribution in [3.05, 3.63) is 29.8 Å². The molecule has 1 fully saturated rings. The van der Waals surface area contributed by atoms with Gasteiger partial charge < -0.3 is 10.2 Å². The van der Waals surface area contributed by atoms with E-state index in [4.69, 9.17) is 6.42 Å². The molecule has 0 radical (unpaired) electrons. The summed E-state index contributed by atoms with van der Waals surface area (Å²) in [7, 11) is 0. The molecule has 0 aromatic heterocycles. The van der Waals surface area contributed by atoms with Gasteiger partial charge in [-0.05, 0) is 55.8 Å². The molecule has 0 spiro atoms. The van der Waals surface area contributed by atoms with Crippen LogP contribution in [-0.4, -0.2) is 19.6 Å². The largest absolute Gasteiger partial charge is 0.360 e. The predicted octanol–water partition coefficient (Wildman–Crippen LogP) is 3.99. The summed E-state index contributed by atoms with van der Waals surface area (Å²) in [5.74, 6) is 3.64. The Morgan fingerprint density at radius 2 is 2.00 bits per heavy atom. The Hall–Kier alpha value is -1.46. The zero-order valence-electron chi connectivity index (χ0n) is 13.4. The lowest BCUT2D eigenvalue weighted by molar-refractivity contribution is 0.518. The van der Waals surface area contributed by atoms with E-state index in [-0.39, 0.29) is 0 Å². The molecule has 1 unspecified atom stereocenters. The minimum Gasteiger partial charge on any atom is -0.360 e. The first kappa shape index (κ1) is 15.9. The Morgan fingerprint density at radius 1 is 1.29 bits per heavy atom. The van der Waals surface area contributed by atoms with Gasteiger partial charge in [-0.3, -0.25) is 0 Å². The average molecular weight is 284 g/mol. The Balaban J connectivity index is 2.03. The number of benzene rings is 1. The van der Waals surface area contributed by atoms with Gasteiger partial charge in [-0.15, -0.1) is 6.42 Å². The number of hydrogen-bond donors (Lipinski definition) is 1. The van der Waals surface area contributed by atoms with Crippen molar-refractivity contribution in [1.29, 1.82) is 0 Å². The van der Waals surface area contributed by atoms with Crippen LogP contribution in [0.1, 0.15) is 51.1 Å². The summed E-state index contributed by atoms with van der Waals surface area (Å²) in [5.41, 5.74) is 2.63. The van der Waals surface area contributed by atoms with Crippen LogP contribution in [0.4, 0.5) is 5.69 Å². The quantitative estimate of drug-likeness (QED) is 0.690. The third-order valence-corrected chi connectivity index (χ3v) is 4.17. The predicted molar refractivity (Wildman–Crippen MR) is 91.5 cm³/mol. The molecular weight excluding hydrogens is 256 g/mol. The van der Waals surface area contributed by atoms with Crippen LogP contribution < -0.4 is 10.2 Å². The first-order valence-corrected chi connectivity index (χ1v) is 8.30. The lowest BCUT2D eigenvalue weighted by atomic mass is 10.0. The summed E-state index contributed by atoms with van der Waals surface area (Å²) in [6.45, 7) is 7.33. The van der Waals surface area contributed by atoms with Gasteiger partial charge in [0.15, 0.2) is 0 Å². The topological polar surface area (TPSA) is 15.3 Å². The van der Waals surface area contributed by atoms with Crippen molar-refractivity contribution >= 4 is 5.69 Å². The van der Waals surface area contributed by atoms with Gasteiger partial charge in [0.2, 0.25) is 0 Å². The van der Waals surface area contributed by atoms with E-state index in [0.29, 0.717) is 12.6 Å². The minimum atomic E-state index is 0.462. The van der Waals surface area contributed by atoms with E-state index in [2.05, 4.69) is 54.3 Å². The van der Waals surface area contributed by atoms with Gasteiger partial charge in [-0.1, -0.05) is 31.9 Å². The molecule has 0 saturated heterocycles. The molecule has 2 heteroatoms. The monoisotopic (exact) mass is 284 g/mol. The van der Waals surface area contributed by atoms with Gasteiger partial charge >= 0.3 is 0 Å². The van der Waals surface area contributed by atoms with Gasteiger partial charge in [0.1, 0.15) is 0 Å². The molecule has 0 heterocycles. The summed E-state index contributed by atoms with van der Waals surface area (Å²) < 4.78 is 0. The van der Waals surface area contributed by atoms with E-state index in [9.17, 15) is 0 Å². The summed E-state index contributed by atoms with van der Waals surface area (Å²) >= 11 is 0. The first-order valence-electron chi connectivity index (χ1n) is 8.30. The fourth-order valence-electron chi connectivity index (χ4n) is 2.72.